The number of aryl methyl sites for hydroxylation is 1. The molecule has 5 heteroatoms. The molecule has 0 saturated heterocycles. The smallest absolute Gasteiger partial charge is 0.269 e. The van der Waals surface area contributed by atoms with Gasteiger partial charge in [0.05, 0.1) is 4.92 Å². The van der Waals surface area contributed by atoms with E-state index in [4.69, 9.17) is 0 Å². The van der Waals surface area contributed by atoms with Gasteiger partial charge in [0, 0.05) is 35.7 Å². The molecule has 0 unspecified atom stereocenters. The summed E-state index contributed by atoms with van der Waals surface area (Å²) in [6.45, 7) is 1.97. The third kappa shape index (κ3) is 3.76. The summed E-state index contributed by atoms with van der Waals surface area (Å²) < 4.78 is 0. The SMILES string of the molecule is Cc1ccccc1N/C=C/C(=O)c1ccc([N+](=O)[O-])cc1. The van der Waals surface area contributed by atoms with Crippen molar-refractivity contribution in [3.8, 4) is 0 Å². The number of allylic oxidation sites excluding steroid dienone is 1. The number of rotatable bonds is 5. The highest BCUT2D eigenvalue weighted by Gasteiger charge is 2.07. The molecule has 2 aromatic rings. The average molecular weight is 282 g/mol. The molecule has 0 aromatic heterocycles. The summed E-state index contributed by atoms with van der Waals surface area (Å²) in [5, 5.41) is 13.6. The molecule has 21 heavy (non-hydrogen) atoms. The predicted octanol–water partition coefficient (Wildman–Crippen LogP) is 3.71. The molecule has 0 saturated carbocycles. The van der Waals surface area contributed by atoms with E-state index in [1.165, 1.54) is 30.3 Å². The quantitative estimate of drug-likeness (QED) is 0.392. The first-order valence-corrected chi connectivity index (χ1v) is 6.35. The molecule has 0 aliphatic rings. The molecule has 0 amide bonds. The van der Waals surface area contributed by atoms with Crippen molar-refractivity contribution >= 4 is 17.2 Å². The lowest BCUT2D eigenvalue weighted by molar-refractivity contribution is -0.384. The summed E-state index contributed by atoms with van der Waals surface area (Å²) in [5.41, 5.74) is 2.37. The van der Waals surface area contributed by atoms with Gasteiger partial charge in [0.1, 0.15) is 0 Å². The number of ketones is 1. The molecule has 0 atom stereocenters. The van der Waals surface area contributed by atoms with Crippen molar-refractivity contribution < 1.29 is 9.72 Å². The van der Waals surface area contributed by atoms with Crippen LogP contribution < -0.4 is 5.32 Å². The number of carbonyl (C=O) groups excluding carboxylic acids is 1. The maximum absolute atomic E-state index is 11.9. The molecule has 0 spiro atoms. The zero-order valence-electron chi connectivity index (χ0n) is 11.4. The number of para-hydroxylation sites is 1. The van der Waals surface area contributed by atoms with E-state index >= 15 is 0 Å². The van der Waals surface area contributed by atoms with E-state index in [0.29, 0.717) is 5.56 Å². The first kappa shape index (κ1) is 14.5. The summed E-state index contributed by atoms with van der Waals surface area (Å²) in [6, 6.07) is 13.2. The number of nitrogens with zero attached hydrogens (tertiary/aromatic N) is 1. The number of hydrogen-bond donors (Lipinski definition) is 1. The highest BCUT2D eigenvalue weighted by molar-refractivity contribution is 6.04. The second-order valence-corrected chi connectivity index (χ2v) is 4.46. The fourth-order valence-corrected chi connectivity index (χ4v) is 1.79. The number of nitrogens with one attached hydrogen (secondary N) is 1. The van der Waals surface area contributed by atoms with Gasteiger partial charge in [-0.15, -0.1) is 0 Å². The van der Waals surface area contributed by atoms with Gasteiger partial charge in [-0.3, -0.25) is 14.9 Å². The number of carbonyl (C=O) groups is 1. The van der Waals surface area contributed by atoms with Gasteiger partial charge in [0.25, 0.3) is 5.69 Å². The van der Waals surface area contributed by atoms with Crippen LogP contribution in [-0.4, -0.2) is 10.7 Å². The van der Waals surface area contributed by atoms with Crippen LogP contribution in [0.15, 0.2) is 60.8 Å². The predicted molar refractivity (Wildman–Crippen MR) is 81.4 cm³/mol. The van der Waals surface area contributed by atoms with Gasteiger partial charge in [0.2, 0.25) is 0 Å². The largest absolute Gasteiger partial charge is 0.361 e. The summed E-state index contributed by atoms with van der Waals surface area (Å²) >= 11 is 0. The molecule has 0 fully saturated rings. The van der Waals surface area contributed by atoms with Crippen LogP contribution in [0.3, 0.4) is 0 Å². The molecule has 106 valence electrons. The van der Waals surface area contributed by atoms with Crippen molar-refractivity contribution in [2.45, 2.75) is 6.92 Å². The minimum atomic E-state index is -0.496. The molecule has 5 nitrogen and oxygen atoms in total. The summed E-state index contributed by atoms with van der Waals surface area (Å²) in [5.74, 6) is -0.217. The molecule has 2 aromatic carbocycles. The highest BCUT2D eigenvalue weighted by atomic mass is 16.6. The number of non-ortho nitro benzene ring substituents is 1. The van der Waals surface area contributed by atoms with Gasteiger partial charge in [-0.1, -0.05) is 18.2 Å². The van der Waals surface area contributed by atoms with E-state index < -0.39 is 4.92 Å². The van der Waals surface area contributed by atoms with Crippen molar-refractivity contribution in [1.82, 2.24) is 0 Å². The van der Waals surface area contributed by atoms with Gasteiger partial charge in [-0.05, 0) is 30.7 Å². The Kier molecular flexibility index (Phi) is 4.46. The zero-order valence-corrected chi connectivity index (χ0v) is 11.4. The van der Waals surface area contributed by atoms with E-state index in [9.17, 15) is 14.9 Å². The second kappa shape index (κ2) is 6.47. The molecular weight excluding hydrogens is 268 g/mol. The van der Waals surface area contributed by atoms with Crippen LogP contribution in [0.4, 0.5) is 11.4 Å². The Bertz CT molecular complexity index is 691. The zero-order chi connectivity index (χ0) is 15.2. The number of benzene rings is 2. The maximum Gasteiger partial charge on any atom is 0.269 e. The highest BCUT2D eigenvalue weighted by Crippen LogP contribution is 2.14. The van der Waals surface area contributed by atoms with Gasteiger partial charge in [0.15, 0.2) is 5.78 Å². The number of hydrogen-bond acceptors (Lipinski definition) is 4. The normalized spacial score (nSPS) is 10.5. The van der Waals surface area contributed by atoms with E-state index in [2.05, 4.69) is 5.32 Å². The van der Waals surface area contributed by atoms with Crippen LogP contribution in [0.25, 0.3) is 0 Å². The van der Waals surface area contributed by atoms with Crippen molar-refractivity contribution in [1.29, 1.82) is 0 Å². The summed E-state index contributed by atoms with van der Waals surface area (Å²) in [7, 11) is 0. The Morgan fingerprint density at radius 1 is 1.14 bits per heavy atom. The summed E-state index contributed by atoms with van der Waals surface area (Å²) in [4.78, 5) is 21.9. The van der Waals surface area contributed by atoms with Crippen molar-refractivity contribution in [3.63, 3.8) is 0 Å². The number of nitro benzene ring substituents is 1. The molecule has 2 rings (SSSR count). The minimum Gasteiger partial charge on any atom is -0.361 e. The van der Waals surface area contributed by atoms with Crippen LogP contribution >= 0.6 is 0 Å². The lowest BCUT2D eigenvalue weighted by Crippen LogP contribution is -1.97. The van der Waals surface area contributed by atoms with Gasteiger partial charge < -0.3 is 5.32 Å². The molecule has 0 aliphatic heterocycles. The first-order valence-electron chi connectivity index (χ1n) is 6.35. The second-order valence-electron chi connectivity index (χ2n) is 4.46. The van der Waals surface area contributed by atoms with Crippen molar-refractivity contribution in [3.05, 3.63) is 82.0 Å². The van der Waals surface area contributed by atoms with Gasteiger partial charge >= 0.3 is 0 Å². The fourth-order valence-electron chi connectivity index (χ4n) is 1.79. The van der Waals surface area contributed by atoms with Crippen LogP contribution in [0, 0.1) is 17.0 Å². The lowest BCUT2D eigenvalue weighted by atomic mass is 10.1. The molecule has 0 aliphatic carbocycles. The maximum atomic E-state index is 11.9. The Hall–Kier alpha value is -2.95. The Balaban J connectivity index is 2.02. The van der Waals surface area contributed by atoms with E-state index in [1.807, 2.05) is 31.2 Å². The van der Waals surface area contributed by atoms with E-state index in [1.54, 1.807) is 6.20 Å². The number of anilines is 1. The molecule has 1 N–H and O–H groups in total. The monoisotopic (exact) mass is 282 g/mol. The lowest BCUT2D eigenvalue weighted by Gasteiger charge is -2.03. The van der Waals surface area contributed by atoms with E-state index in [-0.39, 0.29) is 11.5 Å². The molecule has 0 heterocycles. The Morgan fingerprint density at radius 2 is 1.81 bits per heavy atom. The van der Waals surface area contributed by atoms with Crippen molar-refractivity contribution in [2.75, 3.05) is 5.32 Å². The minimum absolute atomic E-state index is 0.0337. The van der Waals surface area contributed by atoms with E-state index in [0.717, 1.165) is 11.3 Å². The third-order valence-corrected chi connectivity index (χ3v) is 2.98. The molecule has 0 radical (unpaired) electrons. The topological polar surface area (TPSA) is 72.2 Å². The Morgan fingerprint density at radius 3 is 2.43 bits per heavy atom. The molecule has 0 bridgehead atoms. The number of nitro groups is 1. The standard InChI is InChI=1S/C16H14N2O3/c1-12-4-2-3-5-15(12)17-11-10-16(19)13-6-8-14(9-7-13)18(20)21/h2-11,17H,1H3/b11-10+. The van der Waals surface area contributed by atoms with Crippen LogP contribution in [0.1, 0.15) is 15.9 Å². The van der Waals surface area contributed by atoms with Crippen LogP contribution in [0.2, 0.25) is 0 Å². The van der Waals surface area contributed by atoms with Crippen LogP contribution in [0.5, 0.6) is 0 Å². The summed E-state index contributed by atoms with van der Waals surface area (Å²) in [6.07, 6.45) is 2.96. The molecular formula is C16H14N2O3. The van der Waals surface area contributed by atoms with Gasteiger partial charge in [-0.25, -0.2) is 0 Å². The van der Waals surface area contributed by atoms with Crippen molar-refractivity contribution in [2.24, 2.45) is 0 Å². The first-order chi connectivity index (χ1) is 10.1. The van der Waals surface area contributed by atoms with Crippen LogP contribution in [-0.2, 0) is 0 Å². The van der Waals surface area contributed by atoms with Gasteiger partial charge in [-0.2, -0.15) is 0 Å². The Labute approximate surface area is 122 Å². The average Bonchev–Trinajstić information content (AvgIpc) is 2.49. The fraction of sp³-hybridized carbons (Fsp3) is 0.0625. The third-order valence-electron chi connectivity index (χ3n) is 2.98.